The summed E-state index contributed by atoms with van der Waals surface area (Å²) in [6.07, 6.45) is 11.1. The lowest BCUT2D eigenvalue weighted by Crippen LogP contribution is -2.49. The van der Waals surface area contributed by atoms with E-state index in [1.54, 1.807) is 18.7 Å². The summed E-state index contributed by atoms with van der Waals surface area (Å²) in [5, 5.41) is 9.66. The number of hydrogen-bond donors (Lipinski definition) is 0. The van der Waals surface area contributed by atoms with Gasteiger partial charge >= 0.3 is 0 Å². The van der Waals surface area contributed by atoms with Crippen LogP contribution >= 0.6 is 11.8 Å². The van der Waals surface area contributed by atoms with Gasteiger partial charge in [0.1, 0.15) is 0 Å². The summed E-state index contributed by atoms with van der Waals surface area (Å²) in [5.74, 6) is 2.68. The molecule has 9 nitrogen and oxygen atoms in total. The minimum Gasteiger partial charge on any atom is -0.461 e. The van der Waals surface area contributed by atoms with Gasteiger partial charge in [-0.25, -0.2) is 9.97 Å². The Kier molecular flexibility index (Phi) is 6.38. The molecule has 0 unspecified atom stereocenters. The fourth-order valence-electron chi connectivity index (χ4n) is 4.45. The van der Waals surface area contributed by atoms with Crippen molar-refractivity contribution in [1.82, 2.24) is 29.6 Å². The summed E-state index contributed by atoms with van der Waals surface area (Å²) in [4.78, 5) is 25.6. The maximum atomic E-state index is 12.9. The molecular weight excluding hydrogens is 426 g/mol. The maximum Gasteiger partial charge on any atom is 0.233 e. The summed E-state index contributed by atoms with van der Waals surface area (Å²) < 4.78 is 7.80. The van der Waals surface area contributed by atoms with Crippen molar-refractivity contribution in [2.24, 2.45) is 0 Å². The number of aromatic nitrogens is 5. The first-order valence-corrected chi connectivity index (χ1v) is 12.2. The number of rotatable bonds is 6. The summed E-state index contributed by atoms with van der Waals surface area (Å²) in [6.45, 7) is 2.82. The van der Waals surface area contributed by atoms with Crippen LogP contribution < -0.4 is 4.90 Å². The molecule has 0 radical (unpaired) electrons. The van der Waals surface area contributed by atoms with E-state index >= 15 is 0 Å². The monoisotopic (exact) mass is 453 g/mol. The van der Waals surface area contributed by atoms with E-state index in [-0.39, 0.29) is 5.91 Å². The van der Waals surface area contributed by atoms with Crippen molar-refractivity contribution in [3.05, 3.63) is 36.9 Å². The average Bonchev–Trinajstić information content (AvgIpc) is 3.54. The quantitative estimate of drug-likeness (QED) is 0.525. The molecule has 0 N–H and O–H groups in total. The van der Waals surface area contributed by atoms with E-state index in [9.17, 15) is 4.79 Å². The van der Waals surface area contributed by atoms with Gasteiger partial charge in [0.15, 0.2) is 10.9 Å². The number of thioether (sulfide) groups is 1. The molecule has 168 valence electrons. The number of anilines is 1. The molecule has 5 rings (SSSR count). The minimum absolute atomic E-state index is 0.126. The van der Waals surface area contributed by atoms with Gasteiger partial charge in [0, 0.05) is 44.6 Å². The Balaban J connectivity index is 1.23. The topological polar surface area (TPSA) is 93.2 Å². The van der Waals surface area contributed by atoms with E-state index in [4.69, 9.17) is 4.42 Å². The van der Waals surface area contributed by atoms with E-state index in [1.165, 1.54) is 31.0 Å². The van der Waals surface area contributed by atoms with E-state index in [0.717, 1.165) is 48.6 Å². The van der Waals surface area contributed by atoms with E-state index in [1.807, 2.05) is 23.1 Å². The number of amides is 1. The maximum absolute atomic E-state index is 12.9. The van der Waals surface area contributed by atoms with Gasteiger partial charge in [-0.1, -0.05) is 31.0 Å². The van der Waals surface area contributed by atoms with E-state index in [2.05, 4.69) is 29.6 Å². The summed E-state index contributed by atoms with van der Waals surface area (Å²) in [6, 6.07) is 5.94. The molecule has 0 spiro atoms. The van der Waals surface area contributed by atoms with Crippen LogP contribution in [0.1, 0.15) is 38.1 Å². The highest BCUT2D eigenvalue weighted by molar-refractivity contribution is 7.99. The largest absolute Gasteiger partial charge is 0.461 e. The van der Waals surface area contributed by atoms with E-state index < -0.39 is 0 Å². The first kappa shape index (κ1) is 21.0. The third-order valence-electron chi connectivity index (χ3n) is 6.14. The van der Waals surface area contributed by atoms with Crippen LogP contribution in [0.3, 0.4) is 0 Å². The first-order chi connectivity index (χ1) is 15.8. The molecule has 32 heavy (non-hydrogen) atoms. The van der Waals surface area contributed by atoms with Gasteiger partial charge in [-0.15, -0.1) is 10.2 Å². The van der Waals surface area contributed by atoms with Crippen molar-refractivity contribution in [3.63, 3.8) is 0 Å². The van der Waals surface area contributed by atoms with Crippen LogP contribution in [-0.4, -0.2) is 67.5 Å². The second-order valence-corrected chi connectivity index (χ2v) is 9.09. The highest BCUT2D eigenvalue weighted by Crippen LogP contribution is 2.35. The van der Waals surface area contributed by atoms with Gasteiger partial charge < -0.3 is 14.2 Å². The van der Waals surface area contributed by atoms with Crippen molar-refractivity contribution in [2.75, 3.05) is 36.8 Å². The summed E-state index contributed by atoms with van der Waals surface area (Å²) >= 11 is 1.48. The minimum atomic E-state index is 0.126. The van der Waals surface area contributed by atoms with Gasteiger partial charge in [-0.3, -0.25) is 9.36 Å². The molecule has 3 aromatic heterocycles. The van der Waals surface area contributed by atoms with Crippen LogP contribution in [0.5, 0.6) is 0 Å². The molecule has 0 aromatic carbocycles. The normalized spacial score (nSPS) is 17.6. The molecule has 1 saturated heterocycles. The molecule has 1 aliphatic heterocycles. The lowest BCUT2D eigenvalue weighted by atomic mass is 9.95. The standard InChI is InChI=1S/C22H27N7O2S/c30-19(27-11-13-28(14-12-27)21-23-9-5-10-24-21)16-32-22-26-25-20(18-8-4-15-31-18)29(22)17-6-2-1-3-7-17/h4-5,8-10,15,17H,1-3,6-7,11-14,16H2. The number of nitrogens with zero attached hydrogens (tertiary/aromatic N) is 7. The third kappa shape index (κ3) is 4.50. The van der Waals surface area contributed by atoms with Crippen LogP contribution in [0.25, 0.3) is 11.6 Å². The Hall–Kier alpha value is -2.88. The van der Waals surface area contributed by atoms with Crippen LogP contribution in [0.2, 0.25) is 0 Å². The Morgan fingerprint density at radius 1 is 1.03 bits per heavy atom. The third-order valence-corrected chi connectivity index (χ3v) is 7.07. The second-order valence-electron chi connectivity index (χ2n) is 8.15. The molecule has 1 amide bonds. The molecule has 0 atom stereocenters. The number of hydrogen-bond acceptors (Lipinski definition) is 8. The van der Waals surface area contributed by atoms with Gasteiger partial charge in [0.25, 0.3) is 0 Å². The molecular formula is C22H27N7O2S. The van der Waals surface area contributed by atoms with Crippen LogP contribution in [0.15, 0.2) is 46.4 Å². The van der Waals surface area contributed by atoms with Crippen LogP contribution in [0.4, 0.5) is 5.95 Å². The summed E-state index contributed by atoms with van der Waals surface area (Å²) in [5.41, 5.74) is 0. The Labute approximate surface area is 191 Å². The zero-order valence-electron chi connectivity index (χ0n) is 18.0. The number of carbonyl (C=O) groups is 1. The van der Waals surface area contributed by atoms with E-state index in [0.29, 0.717) is 24.9 Å². The zero-order chi connectivity index (χ0) is 21.8. The molecule has 1 saturated carbocycles. The molecule has 2 fully saturated rings. The van der Waals surface area contributed by atoms with Crippen LogP contribution in [-0.2, 0) is 4.79 Å². The van der Waals surface area contributed by atoms with Gasteiger partial charge in [0.2, 0.25) is 17.7 Å². The smallest absolute Gasteiger partial charge is 0.233 e. The first-order valence-electron chi connectivity index (χ1n) is 11.2. The lowest BCUT2D eigenvalue weighted by molar-refractivity contribution is -0.128. The van der Waals surface area contributed by atoms with Crippen molar-refractivity contribution in [1.29, 1.82) is 0 Å². The predicted molar refractivity (Wildman–Crippen MR) is 121 cm³/mol. The average molecular weight is 454 g/mol. The summed E-state index contributed by atoms with van der Waals surface area (Å²) in [7, 11) is 0. The molecule has 3 aromatic rings. The van der Waals surface area contributed by atoms with Gasteiger partial charge in [0.05, 0.1) is 12.0 Å². The zero-order valence-corrected chi connectivity index (χ0v) is 18.8. The fraction of sp³-hybridized carbons (Fsp3) is 0.500. The van der Waals surface area contributed by atoms with Crippen molar-refractivity contribution < 1.29 is 9.21 Å². The fourth-order valence-corrected chi connectivity index (χ4v) is 5.35. The Morgan fingerprint density at radius 2 is 1.81 bits per heavy atom. The predicted octanol–water partition coefficient (Wildman–Crippen LogP) is 3.27. The van der Waals surface area contributed by atoms with Crippen molar-refractivity contribution >= 4 is 23.6 Å². The van der Waals surface area contributed by atoms with Crippen molar-refractivity contribution in [3.8, 4) is 11.6 Å². The molecule has 4 heterocycles. The number of piperazine rings is 1. The van der Waals surface area contributed by atoms with Crippen molar-refractivity contribution in [2.45, 2.75) is 43.3 Å². The molecule has 1 aliphatic carbocycles. The Morgan fingerprint density at radius 3 is 2.53 bits per heavy atom. The van der Waals surface area contributed by atoms with Crippen LogP contribution in [0, 0.1) is 0 Å². The molecule has 0 bridgehead atoms. The van der Waals surface area contributed by atoms with Gasteiger partial charge in [-0.2, -0.15) is 0 Å². The second kappa shape index (κ2) is 9.72. The molecule has 10 heteroatoms. The Bertz CT molecular complexity index is 1010. The number of furan rings is 1. The number of carbonyl (C=O) groups excluding carboxylic acids is 1. The van der Waals surface area contributed by atoms with Gasteiger partial charge in [-0.05, 0) is 31.0 Å². The highest BCUT2D eigenvalue weighted by atomic mass is 32.2. The molecule has 2 aliphatic rings. The SMILES string of the molecule is O=C(CSc1nnc(-c2ccco2)n1C1CCCCC1)N1CCN(c2ncccn2)CC1. The lowest BCUT2D eigenvalue weighted by Gasteiger charge is -2.34. The highest BCUT2D eigenvalue weighted by Gasteiger charge is 2.27.